The highest BCUT2D eigenvalue weighted by Crippen LogP contribution is 2.27. The molecule has 2 aliphatic heterocycles. The molecule has 27 heavy (non-hydrogen) atoms. The van der Waals surface area contributed by atoms with Crippen molar-refractivity contribution in [2.45, 2.75) is 19.4 Å². The number of amides is 1. The normalized spacial score (nSPS) is 16.2. The van der Waals surface area contributed by atoms with Crippen molar-refractivity contribution in [1.82, 2.24) is 19.7 Å². The number of anilines is 2. The minimum Gasteiger partial charge on any atom is -0.357 e. The molecule has 1 amide bonds. The molecule has 0 aliphatic carbocycles. The first-order chi connectivity index (χ1) is 13.2. The summed E-state index contributed by atoms with van der Waals surface area (Å²) in [5.74, 6) is 0.901. The van der Waals surface area contributed by atoms with Crippen LogP contribution in [-0.2, 0) is 6.54 Å². The van der Waals surface area contributed by atoms with Gasteiger partial charge in [0.2, 0.25) is 0 Å². The third-order valence-corrected chi connectivity index (χ3v) is 5.06. The van der Waals surface area contributed by atoms with Gasteiger partial charge >= 0.3 is 0 Å². The number of carbonyl (C=O) groups excluding carboxylic acids is 1. The van der Waals surface area contributed by atoms with E-state index in [0.717, 1.165) is 30.3 Å². The number of pyridine rings is 2. The van der Waals surface area contributed by atoms with E-state index in [0.29, 0.717) is 23.3 Å². The molecule has 1 saturated heterocycles. The minimum atomic E-state index is -0.0923. The molecule has 5 heterocycles. The van der Waals surface area contributed by atoms with Crippen molar-refractivity contribution >= 4 is 30.7 Å². The number of hydrogen-bond donors (Lipinski definition) is 0. The maximum absolute atomic E-state index is 12.8. The Labute approximate surface area is 158 Å². The molecule has 0 atom stereocenters. The van der Waals surface area contributed by atoms with Crippen molar-refractivity contribution in [2.24, 2.45) is 0 Å². The van der Waals surface area contributed by atoms with E-state index in [1.807, 2.05) is 12.1 Å². The lowest BCUT2D eigenvalue weighted by molar-refractivity contribution is 0.0996. The number of nitrogens with zero attached hydrogens (tertiary/aromatic N) is 6. The van der Waals surface area contributed by atoms with Gasteiger partial charge in [0, 0.05) is 25.5 Å². The zero-order valence-electron chi connectivity index (χ0n) is 14.7. The van der Waals surface area contributed by atoms with Crippen molar-refractivity contribution in [3.8, 4) is 5.69 Å². The zero-order valence-corrected chi connectivity index (χ0v) is 14.7. The predicted molar refractivity (Wildman–Crippen MR) is 103 cm³/mol. The largest absolute Gasteiger partial charge is 0.357 e. The number of rotatable bonds is 3. The first-order valence-electron chi connectivity index (χ1n) is 9.01. The number of hydrogen-bond acceptors (Lipinski definition) is 5. The number of carbonyl (C=O) groups is 1. The van der Waals surface area contributed by atoms with E-state index < -0.39 is 0 Å². The van der Waals surface area contributed by atoms with Gasteiger partial charge in [-0.05, 0) is 31.0 Å². The SMILES string of the molecule is [B]c1cncc(N2Cc3nn(-c4ccc(N5CCCC5)nc4)cc3C2=O)c1. The van der Waals surface area contributed by atoms with Crippen LogP contribution in [0.4, 0.5) is 11.5 Å². The van der Waals surface area contributed by atoms with Gasteiger partial charge in [-0.1, -0.05) is 5.46 Å². The second-order valence-corrected chi connectivity index (χ2v) is 6.87. The molecule has 5 rings (SSSR count). The van der Waals surface area contributed by atoms with Crippen molar-refractivity contribution < 1.29 is 4.79 Å². The van der Waals surface area contributed by atoms with Gasteiger partial charge in [-0.2, -0.15) is 5.10 Å². The first-order valence-corrected chi connectivity index (χ1v) is 9.01. The lowest BCUT2D eigenvalue weighted by Crippen LogP contribution is -2.25. The van der Waals surface area contributed by atoms with Crippen molar-refractivity contribution in [3.05, 3.63) is 54.2 Å². The summed E-state index contributed by atoms with van der Waals surface area (Å²) in [6, 6.07) is 5.75. The molecular formula is C19H17BN6O. The van der Waals surface area contributed by atoms with Crippen molar-refractivity contribution in [1.29, 1.82) is 0 Å². The molecule has 0 saturated carbocycles. The molecule has 0 spiro atoms. The fourth-order valence-corrected chi connectivity index (χ4v) is 3.65. The summed E-state index contributed by atoms with van der Waals surface area (Å²) in [4.78, 5) is 25.3. The fraction of sp³-hybridized carbons (Fsp3) is 0.263. The Balaban J connectivity index is 1.39. The summed E-state index contributed by atoms with van der Waals surface area (Å²) >= 11 is 0. The lowest BCUT2D eigenvalue weighted by atomic mass is 9.98. The maximum Gasteiger partial charge on any atom is 0.262 e. The molecule has 2 aliphatic rings. The second-order valence-electron chi connectivity index (χ2n) is 6.87. The van der Waals surface area contributed by atoms with E-state index in [-0.39, 0.29) is 5.91 Å². The highest BCUT2D eigenvalue weighted by molar-refractivity contribution is 6.32. The van der Waals surface area contributed by atoms with Gasteiger partial charge in [-0.15, -0.1) is 0 Å². The molecule has 2 radical (unpaired) electrons. The topological polar surface area (TPSA) is 67.2 Å². The molecule has 7 nitrogen and oxygen atoms in total. The van der Waals surface area contributed by atoms with E-state index in [9.17, 15) is 4.79 Å². The van der Waals surface area contributed by atoms with Crippen LogP contribution < -0.4 is 15.3 Å². The van der Waals surface area contributed by atoms with Crippen LogP contribution >= 0.6 is 0 Å². The molecule has 8 heteroatoms. The van der Waals surface area contributed by atoms with Gasteiger partial charge in [0.15, 0.2) is 0 Å². The zero-order chi connectivity index (χ0) is 18.4. The van der Waals surface area contributed by atoms with E-state index in [4.69, 9.17) is 7.85 Å². The molecule has 0 unspecified atom stereocenters. The summed E-state index contributed by atoms with van der Waals surface area (Å²) < 4.78 is 1.72. The van der Waals surface area contributed by atoms with E-state index >= 15 is 0 Å². The molecule has 3 aromatic rings. The van der Waals surface area contributed by atoms with Gasteiger partial charge in [0.05, 0.1) is 41.6 Å². The molecule has 3 aromatic heterocycles. The summed E-state index contributed by atoms with van der Waals surface area (Å²) in [6.45, 7) is 2.53. The first kappa shape index (κ1) is 16.1. The molecule has 132 valence electrons. The molecule has 0 bridgehead atoms. The third-order valence-electron chi connectivity index (χ3n) is 5.06. The standard InChI is InChI=1S/C19H17BN6O/c20-13-7-15(9-21-8-13)25-12-17-16(19(25)27)11-26(23-17)14-3-4-18(22-10-14)24-5-1-2-6-24/h3-4,7-11H,1-2,5-6,12H2. The summed E-state index contributed by atoms with van der Waals surface area (Å²) in [5.41, 5.74) is 3.39. The third kappa shape index (κ3) is 2.77. The van der Waals surface area contributed by atoms with Crippen LogP contribution in [-0.4, -0.2) is 46.6 Å². The Kier molecular flexibility index (Phi) is 3.70. The number of aromatic nitrogens is 4. The minimum absolute atomic E-state index is 0.0923. The Morgan fingerprint density at radius 1 is 1.04 bits per heavy atom. The molecule has 0 N–H and O–H groups in total. The summed E-state index contributed by atoms with van der Waals surface area (Å²) in [7, 11) is 5.78. The van der Waals surface area contributed by atoms with E-state index in [1.54, 1.807) is 40.4 Å². The smallest absolute Gasteiger partial charge is 0.262 e. The van der Waals surface area contributed by atoms with Crippen molar-refractivity contribution in [2.75, 3.05) is 22.9 Å². The average Bonchev–Trinajstić information content (AvgIpc) is 3.40. The van der Waals surface area contributed by atoms with Crippen LogP contribution in [0.25, 0.3) is 5.69 Å². The summed E-state index contributed by atoms with van der Waals surface area (Å²) in [6.07, 6.45) is 9.20. The van der Waals surface area contributed by atoms with Gasteiger partial charge < -0.3 is 9.80 Å². The maximum atomic E-state index is 12.8. The Morgan fingerprint density at radius 2 is 1.89 bits per heavy atom. The van der Waals surface area contributed by atoms with Crippen LogP contribution in [0.5, 0.6) is 0 Å². The number of fused-ring (bicyclic) bond motifs is 1. The molecule has 1 fully saturated rings. The van der Waals surface area contributed by atoms with Crippen LogP contribution in [0.1, 0.15) is 28.9 Å². The highest BCUT2D eigenvalue weighted by Gasteiger charge is 2.32. The average molecular weight is 356 g/mol. The van der Waals surface area contributed by atoms with Gasteiger partial charge in [0.25, 0.3) is 5.91 Å². The van der Waals surface area contributed by atoms with Gasteiger partial charge in [0.1, 0.15) is 13.7 Å². The predicted octanol–water partition coefficient (Wildman–Crippen LogP) is 1.22. The molecule has 0 aromatic carbocycles. The van der Waals surface area contributed by atoms with Gasteiger partial charge in [-0.25, -0.2) is 9.67 Å². The van der Waals surface area contributed by atoms with E-state index in [1.165, 1.54) is 12.8 Å². The Morgan fingerprint density at radius 3 is 2.59 bits per heavy atom. The van der Waals surface area contributed by atoms with Crippen LogP contribution in [0.2, 0.25) is 0 Å². The fourth-order valence-electron chi connectivity index (χ4n) is 3.65. The van der Waals surface area contributed by atoms with E-state index in [2.05, 4.69) is 20.0 Å². The van der Waals surface area contributed by atoms with Gasteiger partial charge in [-0.3, -0.25) is 9.78 Å². The lowest BCUT2D eigenvalue weighted by Gasteiger charge is -2.17. The van der Waals surface area contributed by atoms with Crippen LogP contribution in [0.3, 0.4) is 0 Å². The Bertz CT molecular complexity index is 1010. The second kappa shape index (κ2) is 6.23. The Hall–Kier alpha value is -3.16. The quantitative estimate of drug-likeness (QED) is 0.660. The van der Waals surface area contributed by atoms with Crippen LogP contribution in [0, 0.1) is 0 Å². The van der Waals surface area contributed by atoms with Crippen molar-refractivity contribution in [3.63, 3.8) is 0 Å². The monoisotopic (exact) mass is 356 g/mol. The van der Waals surface area contributed by atoms with Crippen LogP contribution in [0.15, 0.2) is 43.0 Å². The summed E-state index contributed by atoms with van der Waals surface area (Å²) in [5, 5.41) is 4.59. The molecular weight excluding hydrogens is 339 g/mol. The highest BCUT2D eigenvalue weighted by atomic mass is 16.2.